The number of methoxy groups -OCH3 is 1. The van der Waals surface area contributed by atoms with Crippen LogP contribution in [0, 0.1) is 0 Å². The molecular formula is C12H19N3O2. The summed E-state index contributed by atoms with van der Waals surface area (Å²) in [4.78, 5) is 12.1. The van der Waals surface area contributed by atoms with Crippen molar-refractivity contribution in [1.82, 2.24) is 15.1 Å². The summed E-state index contributed by atoms with van der Waals surface area (Å²) >= 11 is 0. The highest BCUT2D eigenvalue weighted by Gasteiger charge is 2.25. The quantitative estimate of drug-likeness (QED) is 0.760. The first-order chi connectivity index (χ1) is 8.13. The zero-order chi connectivity index (χ0) is 12.4. The first kappa shape index (κ1) is 12.1. The van der Waals surface area contributed by atoms with Crippen LogP contribution in [0.1, 0.15) is 43.2 Å². The molecule has 0 bridgehead atoms. The minimum absolute atomic E-state index is 0.0416. The number of aromatic nitrogens is 2. The lowest BCUT2D eigenvalue weighted by atomic mass is 10.2. The van der Waals surface area contributed by atoms with Crippen molar-refractivity contribution in [3.63, 3.8) is 0 Å². The summed E-state index contributed by atoms with van der Waals surface area (Å²) < 4.78 is 6.91. The molecule has 94 valence electrons. The maximum Gasteiger partial charge on any atom is 0.198 e. The van der Waals surface area contributed by atoms with Gasteiger partial charge in [-0.3, -0.25) is 9.48 Å². The van der Waals surface area contributed by atoms with E-state index in [0.717, 1.165) is 0 Å². The van der Waals surface area contributed by atoms with Gasteiger partial charge in [0, 0.05) is 12.1 Å². The molecule has 2 rings (SSSR count). The van der Waals surface area contributed by atoms with Crippen molar-refractivity contribution in [3.8, 4) is 5.75 Å². The van der Waals surface area contributed by atoms with Crippen LogP contribution in [0.5, 0.6) is 5.75 Å². The summed E-state index contributed by atoms with van der Waals surface area (Å²) in [5.41, 5.74) is 0.565. The zero-order valence-electron chi connectivity index (χ0n) is 10.6. The molecule has 1 heterocycles. The van der Waals surface area contributed by atoms with Gasteiger partial charge in [-0.05, 0) is 26.7 Å². The molecule has 1 saturated carbocycles. The van der Waals surface area contributed by atoms with Crippen LogP contribution in [-0.4, -0.2) is 35.3 Å². The maximum absolute atomic E-state index is 12.1. The summed E-state index contributed by atoms with van der Waals surface area (Å²) in [5, 5.41) is 7.41. The van der Waals surface area contributed by atoms with Crippen LogP contribution in [0.4, 0.5) is 0 Å². The van der Waals surface area contributed by atoms with Crippen molar-refractivity contribution in [2.24, 2.45) is 0 Å². The van der Waals surface area contributed by atoms with Crippen molar-refractivity contribution in [1.29, 1.82) is 0 Å². The molecule has 1 fully saturated rings. The lowest BCUT2D eigenvalue weighted by Gasteiger charge is -2.11. The monoisotopic (exact) mass is 237 g/mol. The predicted molar refractivity (Wildman–Crippen MR) is 64.5 cm³/mol. The molecule has 1 aliphatic rings. The summed E-state index contributed by atoms with van der Waals surface area (Å²) in [6.07, 6.45) is 3.95. The van der Waals surface area contributed by atoms with Crippen molar-refractivity contribution >= 4 is 5.78 Å². The SMILES string of the molecule is COc1cnn(C(C)C)c1C(=O)CNC1CC1. The molecule has 1 N–H and O–H groups in total. The van der Waals surface area contributed by atoms with Crippen LogP contribution >= 0.6 is 0 Å². The van der Waals surface area contributed by atoms with Crippen LogP contribution in [0.2, 0.25) is 0 Å². The largest absolute Gasteiger partial charge is 0.493 e. The standard InChI is InChI=1S/C12H19N3O2/c1-8(2)15-12(11(17-3)7-14-15)10(16)6-13-9-4-5-9/h7-9,13H,4-6H2,1-3H3. The van der Waals surface area contributed by atoms with Gasteiger partial charge in [0.25, 0.3) is 0 Å². The van der Waals surface area contributed by atoms with Gasteiger partial charge in [-0.25, -0.2) is 0 Å². The Labute approximate surface area is 101 Å². The van der Waals surface area contributed by atoms with Crippen molar-refractivity contribution < 1.29 is 9.53 Å². The Kier molecular flexibility index (Phi) is 3.47. The normalized spacial score (nSPS) is 15.3. The van der Waals surface area contributed by atoms with E-state index in [-0.39, 0.29) is 11.8 Å². The molecule has 0 amide bonds. The lowest BCUT2D eigenvalue weighted by molar-refractivity contribution is 0.0975. The fourth-order valence-corrected chi connectivity index (χ4v) is 1.76. The number of hydrogen-bond donors (Lipinski definition) is 1. The minimum atomic E-state index is 0.0416. The average molecular weight is 237 g/mol. The number of carbonyl (C=O) groups is 1. The molecule has 1 aliphatic carbocycles. The number of ketones is 1. The topological polar surface area (TPSA) is 56.2 Å². The summed E-state index contributed by atoms with van der Waals surface area (Å²) in [6.45, 7) is 4.36. The lowest BCUT2D eigenvalue weighted by Crippen LogP contribution is -2.27. The number of rotatable bonds is 6. The second-order valence-corrected chi connectivity index (χ2v) is 4.68. The molecule has 5 heteroatoms. The average Bonchev–Trinajstić information content (AvgIpc) is 3.02. The van der Waals surface area contributed by atoms with Gasteiger partial charge in [0.15, 0.2) is 11.5 Å². The van der Waals surface area contributed by atoms with Gasteiger partial charge in [0.05, 0.1) is 19.9 Å². The van der Waals surface area contributed by atoms with E-state index in [2.05, 4.69) is 10.4 Å². The van der Waals surface area contributed by atoms with Crippen LogP contribution in [0.25, 0.3) is 0 Å². The number of hydrogen-bond acceptors (Lipinski definition) is 4. The Bertz CT molecular complexity index is 408. The molecule has 0 aromatic carbocycles. The Hall–Kier alpha value is -1.36. The van der Waals surface area contributed by atoms with E-state index < -0.39 is 0 Å². The van der Waals surface area contributed by atoms with Crippen LogP contribution in [-0.2, 0) is 0 Å². The molecule has 0 aliphatic heterocycles. The van der Waals surface area contributed by atoms with E-state index in [0.29, 0.717) is 24.0 Å². The van der Waals surface area contributed by atoms with E-state index in [1.54, 1.807) is 18.0 Å². The molecule has 5 nitrogen and oxygen atoms in total. The van der Waals surface area contributed by atoms with E-state index in [9.17, 15) is 4.79 Å². The van der Waals surface area contributed by atoms with E-state index in [1.165, 1.54) is 12.8 Å². The predicted octanol–water partition coefficient (Wildman–Crippen LogP) is 1.41. The van der Waals surface area contributed by atoms with Gasteiger partial charge in [0.2, 0.25) is 0 Å². The van der Waals surface area contributed by atoms with E-state index >= 15 is 0 Å². The van der Waals surface area contributed by atoms with Crippen LogP contribution in [0.3, 0.4) is 0 Å². The van der Waals surface area contributed by atoms with Crippen molar-refractivity contribution in [2.45, 2.75) is 38.8 Å². The Morgan fingerprint density at radius 3 is 2.88 bits per heavy atom. The van der Waals surface area contributed by atoms with Gasteiger partial charge in [-0.1, -0.05) is 0 Å². The molecule has 1 aromatic heterocycles. The summed E-state index contributed by atoms with van der Waals surface area (Å²) in [6, 6.07) is 0.680. The van der Waals surface area contributed by atoms with Crippen molar-refractivity contribution in [2.75, 3.05) is 13.7 Å². The molecular weight excluding hydrogens is 218 g/mol. The Balaban J connectivity index is 2.14. The summed E-state index contributed by atoms with van der Waals surface area (Å²) in [5.74, 6) is 0.598. The molecule has 0 spiro atoms. The number of carbonyl (C=O) groups excluding carboxylic acids is 1. The Morgan fingerprint density at radius 1 is 1.65 bits per heavy atom. The highest BCUT2D eigenvalue weighted by atomic mass is 16.5. The zero-order valence-corrected chi connectivity index (χ0v) is 10.6. The van der Waals surface area contributed by atoms with E-state index in [4.69, 9.17) is 4.74 Å². The second-order valence-electron chi connectivity index (χ2n) is 4.68. The number of nitrogens with one attached hydrogen (secondary N) is 1. The number of nitrogens with zero attached hydrogens (tertiary/aromatic N) is 2. The third-order valence-corrected chi connectivity index (χ3v) is 2.86. The molecule has 0 saturated heterocycles. The molecule has 1 aromatic rings. The van der Waals surface area contributed by atoms with Gasteiger partial charge in [-0.15, -0.1) is 0 Å². The van der Waals surface area contributed by atoms with Gasteiger partial charge < -0.3 is 10.1 Å². The first-order valence-electron chi connectivity index (χ1n) is 6.01. The highest BCUT2D eigenvalue weighted by Crippen LogP contribution is 2.22. The number of Topliss-reactive ketones (excluding diaryl/α,β-unsaturated/α-hetero) is 1. The fourth-order valence-electron chi connectivity index (χ4n) is 1.76. The van der Waals surface area contributed by atoms with Gasteiger partial charge >= 0.3 is 0 Å². The van der Waals surface area contributed by atoms with Gasteiger partial charge in [0.1, 0.15) is 5.69 Å². The van der Waals surface area contributed by atoms with E-state index in [1.807, 2.05) is 13.8 Å². The second kappa shape index (κ2) is 4.87. The minimum Gasteiger partial charge on any atom is -0.493 e. The highest BCUT2D eigenvalue weighted by molar-refractivity contribution is 5.98. The first-order valence-corrected chi connectivity index (χ1v) is 6.01. The third-order valence-electron chi connectivity index (χ3n) is 2.86. The molecule has 0 radical (unpaired) electrons. The fraction of sp³-hybridized carbons (Fsp3) is 0.667. The van der Waals surface area contributed by atoms with Gasteiger partial charge in [-0.2, -0.15) is 5.10 Å². The molecule has 17 heavy (non-hydrogen) atoms. The Morgan fingerprint density at radius 2 is 2.35 bits per heavy atom. The number of ether oxygens (including phenoxy) is 1. The van der Waals surface area contributed by atoms with Crippen molar-refractivity contribution in [3.05, 3.63) is 11.9 Å². The maximum atomic E-state index is 12.1. The molecule has 0 atom stereocenters. The van der Waals surface area contributed by atoms with Crippen LogP contribution in [0.15, 0.2) is 6.20 Å². The third kappa shape index (κ3) is 2.66. The smallest absolute Gasteiger partial charge is 0.198 e. The summed E-state index contributed by atoms with van der Waals surface area (Å²) in [7, 11) is 1.56. The van der Waals surface area contributed by atoms with Crippen LogP contribution < -0.4 is 10.1 Å². The molecule has 0 unspecified atom stereocenters.